The zero-order valence-corrected chi connectivity index (χ0v) is 63.1. The number of ether oxygens (including phenoxy) is 4. The Morgan fingerprint density at radius 2 is 0.511 bits per heavy atom. The molecule has 0 saturated carbocycles. The number of carbonyl (C=O) groups excluding carboxylic acids is 4. The summed E-state index contributed by atoms with van der Waals surface area (Å²) in [5.41, 5.74) is 0. The summed E-state index contributed by atoms with van der Waals surface area (Å²) < 4.78 is 68.4. The number of phosphoric acid groups is 2. The number of unbranched alkanes of at least 4 members (excludes halogenated alkanes) is 42. The lowest BCUT2D eigenvalue weighted by Gasteiger charge is -2.21. The molecule has 0 saturated heterocycles. The maximum Gasteiger partial charge on any atom is 0.472 e. The molecule has 7 atom stereocenters. The van der Waals surface area contributed by atoms with Crippen molar-refractivity contribution in [2.45, 2.75) is 407 Å². The molecule has 4 unspecified atom stereocenters. The largest absolute Gasteiger partial charge is 0.472 e. The Balaban J connectivity index is 5.19. The maximum absolute atomic E-state index is 13.1. The first kappa shape index (κ1) is 92.1. The number of aliphatic hydroxyl groups excluding tert-OH is 1. The molecule has 0 aliphatic carbocycles. The molecule has 0 radical (unpaired) electrons. The Bertz CT molecular complexity index is 1820. The number of phosphoric ester groups is 2. The van der Waals surface area contributed by atoms with Gasteiger partial charge in [-0.2, -0.15) is 0 Å². The number of rotatable bonds is 74. The summed E-state index contributed by atoms with van der Waals surface area (Å²) in [5.74, 6) is -0.611. The molecule has 94 heavy (non-hydrogen) atoms. The van der Waals surface area contributed by atoms with Crippen LogP contribution in [0.1, 0.15) is 388 Å². The molecule has 17 nitrogen and oxygen atoms in total. The molecule has 0 aromatic heterocycles. The van der Waals surface area contributed by atoms with Crippen molar-refractivity contribution in [3.05, 3.63) is 0 Å². The van der Waals surface area contributed by atoms with Gasteiger partial charge in [0.25, 0.3) is 0 Å². The van der Waals surface area contributed by atoms with E-state index in [1.807, 2.05) is 0 Å². The molecule has 0 amide bonds. The van der Waals surface area contributed by atoms with Gasteiger partial charge in [0.1, 0.15) is 19.3 Å². The van der Waals surface area contributed by atoms with E-state index >= 15 is 0 Å². The molecule has 0 aliphatic heterocycles. The van der Waals surface area contributed by atoms with Crippen molar-refractivity contribution in [2.24, 2.45) is 11.8 Å². The molecule has 558 valence electrons. The highest BCUT2D eigenvalue weighted by Crippen LogP contribution is 2.45. The zero-order valence-electron chi connectivity index (χ0n) is 61.3. The SMILES string of the molecule is CCCCCCCCCCCCCCCCCCCCCCCC(=O)O[C@H](COC(=O)CCCCCCCCCCC(C)CC)COP(=O)(O)OC[C@@H](O)COP(=O)(O)OC[C@@H](COC(=O)CCCCCCCCC(C)CC)OC(=O)CCCCCCCCCCCCC. The Hall–Kier alpha value is -1.94. The number of aliphatic hydroxyl groups is 1. The second kappa shape index (κ2) is 66.9. The summed E-state index contributed by atoms with van der Waals surface area (Å²) in [6, 6.07) is 0. The average Bonchev–Trinajstić information content (AvgIpc) is 1.32. The van der Waals surface area contributed by atoms with Crippen molar-refractivity contribution in [2.75, 3.05) is 39.6 Å². The van der Waals surface area contributed by atoms with Crippen LogP contribution in [0.4, 0.5) is 0 Å². The van der Waals surface area contributed by atoms with Gasteiger partial charge in [0.15, 0.2) is 12.2 Å². The average molecular weight is 1380 g/mol. The van der Waals surface area contributed by atoms with E-state index < -0.39 is 97.5 Å². The summed E-state index contributed by atoms with van der Waals surface area (Å²) in [7, 11) is -9.91. The van der Waals surface area contributed by atoms with Gasteiger partial charge in [-0.3, -0.25) is 37.3 Å². The number of hydrogen-bond acceptors (Lipinski definition) is 15. The van der Waals surface area contributed by atoms with Gasteiger partial charge in [-0.1, -0.05) is 337 Å². The van der Waals surface area contributed by atoms with E-state index in [1.165, 1.54) is 199 Å². The lowest BCUT2D eigenvalue weighted by atomic mass is 9.99. The Kier molecular flexibility index (Phi) is 65.5. The van der Waals surface area contributed by atoms with Gasteiger partial charge in [-0.05, 0) is 37.5 Å². The summed E-state index contributed by atoms with van der Waals surface area (Å²) in [4.78, 5) is 72.7. The van der Waals surface area contributed by atoms with Crippen molar-refractivity contribution in [1.29, 1.82) is 0 Å². The van der Waals surface area contributed by atoms with Crippen molar-refractivity contribution in [1.82, 2.24) is 0 Å². The van der Waals surface area contributed by atoms with Gasteiger partial charge in [-0.15, -0.1) is 0 Å². The van der Waals surface area contributed by atoms with E-state index in [0.29, 0.717) is 25.7 Å². The molecule has 0 aromatic carbocycles. The lowest BCUT2D eigenvalue weighted by molar-refractivity contribution is -0.161. The molecule has 0 bridgehead atoms. The highest BCUT2D eigenvalue weighted by molar-refractivity contribution is 7.47. The van der Waals surface area contributed by atoms with Gasteiger partial charge in [0, 0.05) is 25.7 Å². The van der Waals surface area contributed by atoms with Gasteiger partial charge >= 0.3 is 39.5 Å². The molecule has 0 rings (SSSR count). The fourth-order valence-corrected chi connectivity index (χ4v) is 13.0. The van der Waals surface area contributed by atoms with Gasteiger partial charge in [0.05, 0.1) is 26.4 Å². The van der Waals surface area contributed by atoms with Crippen LogP contribution in [0.3, 0.4) is 0 Å². The number of hydrogen-bond donors (Lipinski definition) is 3. The first-order chi connectivity index (χ1) is 45.4. The van der Waals surface area contributed by atoms with Gasteiger partial charge < -0.3 is 33.8 Å². The van der Waals surface area contributed by atoms with Crippen LogP contribution in [0.15, 0.2) is 0 Å². The van der Waals surface area contributed by atoms with Crippen LogP contribution in [0.5, 0.6) is 0 Å². The van der Waals surface area contributed by atoms with Crippen LogP contribution in [-0.4, -0.2) is 96.7 Å². The van der Waals surface area contributed by atoms with Crippen molar-refractivity contribution < 1.29 is 80.2 Å². The summed E-state index contributed by atoms with van der Waals surface area (Å²) in [6.07, 6.45) is 54.2. The standard InChI is InChI=1S/C75H146O17P2/c1-7-11-13-15-17-19-21-22-23-24-25-26-27-28-29-30-32-34-40-48-54-60-75(80)91-70(63-85-72(77)57-51-45-38-36-35-37-43-49-55-67(5)9-3)65-89-93(81,82)87-61-69(76)62-88-94(83,84)90-66-71(64-86-73(78)58-52-46-42-41-44-50-56-68(6)10-4)92-74(79)59-53-47-39-33-31-20-18-16-14-12-8-2/h67-71,76H,7-66H2,1-6H3,(H,81,82)(H,83,84)/t67?,68?,69-,70-,71-/m1/s1. The van der Waals surface area contributed by atoms with E-state index in [-0.39, 0.29) is 25.7 Å². The fraction of sp³-hybridized carbons (Fsp3) is 0.947. The van der Waals surface area contributed by atoms with Gasteiger partial charge in [-0.25, -0.2) is 9.13 Å². The Morgan fingerprint density at radius 3 is 0.755 bits per heavy atom. The van der Waals surface area contributed by atoms with Crippen LogP contribution in [0, 0.1) is 11.8 Å². The summed E-state index contributed by atoms with van der Waals surface area (Å²) in [6.45, 7) is 9.54. The topological polar surface area (TPSA) is 237 Å². The lowest BCUT2D eigenvalue weighted by Crippen LogP contribution is -2.30. The first-order valence-corrected chi connectivity index (χ1v) is 42.1. The normalized spacial score (nSPS) is 14.6. The van der Waals surface area contributed by atoms with Crippen LogP contribution in [0.2, 0.25) is 0 Å². The third kappa shape index (κ3) is 66.0. The summed E-state index contributed by atoms with van der Waals surface area (Å²) >= 11 is 0. The molecule has 0 heterocycles. The molecule has 0 aromatic rings. The molecule has 0 aliphatic rings. The second-order valence-electron chi connectivity index (χ2n) is 27.5. The molecule has 3 N–H and O–H groups in total. The minimum Gasteiger partial charge on any atom is -0.462 e. The Labute approximate surface area is 575 Å². The zero-order chi connectivity index (χ0) is 69.3. The molecule has 19 heteroatoms. The number of esters is 4. The second-order valence-corrected chi connectivity index (χ2v) is 30.4. The first-order valence-electron chi connectivity index (χ1n) is 39.1. The minimum absolute atomic E-state index is 0.106. The monoisotopic (exact) mass is 1380 g/mol. The highest BCUT2D eigenvalue weighted by Gasteiger charge is 2.30. The quantitative estimate of drug-likeness (QED) is 0.0222. The maximum atomic E-state index is 13.1. The van der Waals surface area contributed by atoms with E-state index in [1.54, 1.807) is 0 Å². The molecule has 0 spiro atoms. The predicted molar refractivity (Wildman–Crippen MR) is 381 cm³/mol. The molecule has 0 fully saturated rings. The van der Waals surface area contributed by atoms with E-state index in [0.717, 1.165) is 108 Å². The van der Waals surface area contributed by atoms with E-state index in [9.17, 15) is 43.2 Å². The molecular weight excluding hydrogens is 1230 g/mol. The van der Waals surface area contributed by atoms with Crippen molar-refractivity contribution >= 4 is 39.5 Å². The van der Waals surface area contributed by atoms with Crippen LogP contribution >= 0.6 is 15.6 Å². The van der Waals surface area contributed by atoms with Crippen LogP contribution < -0.4 is 0 Å². The third-order valence-electron chi connectivity index (χ3n) is 18.2. The highest BCUT2D eigenvalue weighted by atomic mass is 31.2. The van der Waals surface area contributed by atoms with E-state index in [4.69, 9.17) is 37.0 Å². The molecular formula is C75H146O17P2. The fourth-order valence-electron chi connectivity index (χ4n) is 11.4. The van der Waals surface area contributed by atoms with Crippen LogP contribution in [0.25, 0.3) is 0 Å². The summed E-state index contributed by atoms with van der Waals surface area (Å²) in [5, 5.41) is 10.6. The van der Waals surface area contributed by atoms with Gasteiger partial charge in [0.2, 0.25) is 0 Å². The van der Waals surface area contributed by atoms with E-state index in [2.05, 4.69) is 41.5 Å². The Morgan fingerprint density at radius 1 is 0.298 bits per heavy atom. The predicted octanol–water partition coefficient (Wildman–Crippen LogP) is 21.9. The van der Waals surface area contributed by atoms with Crippen molar-refractivity contribution in [3.8, 4) is 0 Å². The minimum atomic E-state index is -4.96. The third-order valence-corrected chi connectivity index (χ3v) is 20.1. The smallest absolute Gasteiger partial charge is 0.462 e. The van der Waals surface area contributed by atoms with Crippen molar-refractivity contribution in [3.63, 3.8) is 0 Å². The van der Waals surface area contributed by atoms with Crippen LogP contribution in [-0.2, 0) is 65.4 Å². The number of carbonyl (C=O) groups is 4.